The van der Waals surface area contributed by atoms with E-state index in [2.05, 4.69) is 20.3 Å². The van der Waals surface area contributed by atoms with Crippen molar-refractivity contribution in [2.75, 3.05) is 30.9 Å². The second-order valence-electron chi connectivity index (χ2n) is 4.33. The normalized spacial score (nSPS) is 10.4. The van der Waals surface area contributed by atoms with E-state index in [-0.39, 0.29) is 5.82 Å². The molecule has 20 heavy (non-hydrogen) atoms. The van der Waals surface area contributed by atoms with Gasteiger partial charge in [0.1, 0.15) is 5.82 Å². The molecule has 0 unspecified atom stereocenters. The van der Waals surface area contributed by atoms with Crippen molar-refractivity contribution in [2.24, 2.45) is 0 Å². The molecule has 0 aliphatic carbocycles. The van der Waals surface area contributed by atoms with Crippen LogP contribution in [0.15, 0.2) is 18.2 Å². The molecule has 2 rings (SSSR count). The lowest BCUT2D eigenvalue weighted by molar-refractivity contribution is 0.630. The number of hydrogen-bond acceptors (Lipinski definition) is 5. The van der Waals surface area contributed by atoms with Crippen LogP contribution in [0, 0.1) is 5.82 Å². The second-order valence-corrected chi connectivity index (χ2v) is 4.77. The molecule has 106 valence electrons. The highest BCUT2D eigenvalue weighted by Crippen LogP contribution is 2.24. The number of nitrogens with one attached hydrogen (secondary N) is 1. The smallest absolute Gasteiger partial charge is 0.230 e. The first-order chi connectivity index (χ1) is 9.51. The summed E-state index contributed by atoms with van der Waals surface area (Å²) in [5.41, 5.74) is 0.291. The molecular weight excluding hydrogens is 281 g/mol. The number of rotatable bonds is 4. The fraction of sp³-hybridized carbons (Fsp3) is 0.308. The molecule has 0 spiro atoms. The van der Waals surface area contributed by atoms with Crippen LogP contribution >= 0.6 is 11.6 Å². The Hall–Kier alpha value is -1.95. The summed E-state index contributed by atoms with van der Waals surface area (Å²) in [6.45, 7) is 2.60. The molecule has 0 amide bonds. The fourth-order valence-electron chi connectivity index (χ4n) is 1.59. The van der Waals surface area contributed by atoms with Gasteiger partial charge < -0.3 is 10.2 Å². The maximum absolute atomic E-state index is 14.0. The minimum absolute atomic E-state index is 0.272. The minimum atomic E-state index is -0.462. The maximum Gasteiger partial charge on any atom is 0.230 e. The van der Waals surface area contributed by atoms with Gasteiger partial charge >= 0.3 is 0 Å². The maximum atomic E-state index is 14.0. The van der Waals surface area contributed by atoms with E-state index in [9.17, 15) is 4.39 Å². The average molecular weight is 296 g/mol. The minimum Gasteiger partial charge on any atom is -0.354 e. The quantitative estimate of drug-likeness (QED) is 0.940. The first-order valence-electron chi connectivity index (χ1n) is 6.14. The molecule has 1 aromatic carbocycles. The molecule has 0 saturated heterocycles. The van der Waals surface area contributed by atoms with Crippen molar-refractivity contribution in [3.05, 3.63) is 29.0 Å². The van der Waals surface area contributed by atoms with Gasteiger partial charge in [0.25, 0.3) is 0 Å². The van der Waals surface area contributed by atoms with Gasteiger partial charge in [-0.05, 0) is 25.1 Å². The summed E-state index contributed by atoms with van der Waals surface area (Å²) in [6, 6.07) is 4.40. The van der Waals surface area contributed by atoms with E-state index in [0.717, 1.165) is 0 Å². The molecule has 7 heteroatoms. The molecule has 0 fully saturated rings. The third-order valence-electron chi connectivity index (χ3n) is 2.53. The van der Waals surface area contributed by atoms with E-state index in [1.807, 2.05) is 21.0 Å². The molecule has 0 atom stereocenters. The molecule has 0 radical (unpaired) electrons. The standard InChI is InChI=1S/C13H15ClFN5/c1-4-16-12-17-11(18-13(19-12)20(2)3)9-6-5-8(14)7-10(9)15/h5-7H,4H2,1-3H3,(H,16,17,18,19). The van der Waals surface area contributed by atoms with Gasteiger partial charge in [0.15, 0.2) is 5.82 Å². The predicted molar refractivity (Wildman–Crippen MR) is 78.7 cm³/mol. The van der Waals surface area contributed by atoms with Gasteiger partial charge in [-0.1, -0.05) is 11.6 Å². The van der Waals surface area contributed by atoms with Crippen molar-refractivity contribution in [3.63, 3.8) is 0 Å². The lowest BCUT2D eigenvalue weighted by Gasteiger charge is -2.13. The van der Waals surface area contributed by atoms with Crippen LogP contribution in [-0.4, -0.2) is 35.6 Å². The average Bonchev–Trinajstić information content (AvgIpc) is 2.38. The van der Waals surface area contributed by atoms with E-state index in [0.29, 0.717) is 29.0 Å². The Morgan fingerprint density at radius 3 is 2.60 bits per heavy atom. The largest absolute Gasteiger partial charge is 0.354 e. The van der Waals surface area contributed by atoms with Crippen molar-refractivity contribution in [3.8, 4) is 11.4 Å². The molecule has 0 aliphatic heterocycles. The molecule has 0 bridgehead atoms. The summed E-state index contributed by atoms with van der Waals surface area (Å²) in [6.07, 6.45) is 0. The number of halogens is 2. The van der Waals surface area contributed by atoms with Crippen LogP contribution in [0.5, 0.6) is 0 Å². The zero-order valence-electron chi connectivity index (χ0n) is 11.5. The lowest BCUT2D eigenvalue weighted by atomic mass is 10.2. The summed E-state index contributed by atoms with van der Waals surface area (Å²) in [7, 11) is 3.63. The highest BCUT2D eigenvalue weighted by atomic mass is 35.5. The van der Waals surface area contributed by atoms with Crippen molar-refractivity contribution in [1.82, 2.24) is 15.0 Å². The monoisotopic (exact) mass is 295 g/mol. The topological polar surface area (TPSA) is 53.9 Å². The van der Waals surface area contributed by atoms with Crippen LogP contribution in [0.2, 0.25) is 5.02 Å². The van der Waals surface area contributed by atoms with Crippen LogP contribution in [-0.2, 0) is 0 Å². The van der Waals surface area contributed by atoms with Gasteiger partial charge in [-0.15, -0.1) is 0 Å². The van der Waals surface area contributed by atoms with E-state index in [4.69, 9.17) is 11.6 Å². The van der Waals surface area contributed by atoms with Crippen molar-refractivity contribution in [1.29, 1.82) is 0 Å². The molecule has 0 saturated carbocycles. The molecule has 2 aromatic rings. The van der Waals surface area contributed by atoms with Crippen molar-refractivity contribution < 1.29 is 4.39 Å². The predicted octanol–water partition coefficient (Wildman–Crippen LogP) is 2.83. The Kier molecular flexibility index (Phi) is 4.34. The van der Waals surface area contributed by atoms with Crippen LogP contribution in [0.1, 0.15) is 6.92 Å². The molecule has 5 nitrogen and oxygen atoms in total. The molecule has 1 heterocycles. The SMILES string of the molecule is CCNc1nc(-c2ccc(Cl)cc2F)nc(N(C)C)n1. The van der Waals surface area contributed by atoms with Gasteiger partial charge in [0.2, 0.25) is 11.9 Å². The first-order valence-corrected chi connectivity index (χ1v) is 6.51. The number of anilines is 2. The van der Waals surface area contributed by atoms with Crippen molar-refractivity contribution >= 4 is 23.5 Å². The van der Waals surface area contributed by atoms with Crippen LogP contribution in [0.3, 0.4) is 0 Å². The Bertz CT molecular complexity index is 618. The third-order valence-corrected chi connectivity index (χ3v) is 2.77. The fourth-order valence-corrected chi connectivity index (χ4v) is 1.75. The number of hydrogen-bond donors (Lipinski definition) is 1. The highest BCUT2D eigenvalue weighted by molar-refractivity contribution is 6.30. The Labute approximate surface area is 121 Å². The van der Waals surface area contributed by atoms with E-state index in [1.165, 1.54) is 6.07 Å². The first kappa shape index (κ1) is 14.5. The van der Waals surface area contributed by atoms with Gasteiger partial charge in [0, 0.05) is 25.7 Å². The molecular formula is C13H15ClFN5. The summed E-state index contributed by atoms with van der Waals surface area (Å²) in [5, 5.41) is 3.34. The highest BCUT2D eigenvalue weighted by Gasteiger charge is 2.13. The van der Waals surface area contributed by atoms with Gasteiger partial charge in [-0.25, -0.2) is 4.39 Å². The molecule has 1 aromatic heterocycles. The molecule has 1 N–H and O–H groups in total. The Morgan fingerprint density at radius 1 is 1.25 bits per heavy atom. The van der Waals surface area contributed by atoms with E-state index in [1.54, 1.807) is 17.0 Å². The van der Waals surface area contributed by atoms with E-state index >= 15 is 0 Å². The van der Waals surface area contributed by atoms with Crippen LogP contribution < -0.4 is 10.2 Å². The number of benzene rings is 1. The zero-order chi connectivity index (χ0) is 14.7. The summed E-state index contributed by atoms with van der Waals surface area (Å²) < 4.78 is 14.0. The Morgan fingerprint density at radius 2 is 2.00 bits per heavy atom. The third kappa shape index (κ3) is 3.14. The van der Waals surface area contributed by atoms with Crippen LogP contribution in [0.4, 0.5) is 16.3 Å². The molecule has 0 aliphatic rings. The lowest BCUT2D eigenvalue weighted by Crippen LogP contribution is -2.16. The van der Waals surface area contributed by atoms with Gasteiger partial charge in [0.05, 0.1) is 5.56 Å². The summed E-state index contributed by atoms with van der Waals surface area (Å²) >= 11 is 5.75. The Balaban J connectivity index is 2.54. The van der Waals surface area contributed by atoms with Crippen molar-refractivity contribution in [2.45, 2.75) is 6.92 Å². The summed E-state index contributed by atoms with van der Waals surface area (Å²) in [4.78, 5) is 14.5. The number of nitrogens with zero attached hydrogens (tertiary/aromatic N) is 4. The number of aromatic nitrogens is 3. The van der Waals surface area contributed by atoms with Crippen LogP contribution in [0.25, 0.3) is 11.4 Å². The van der Waals surface area contributed by atoms with Gasteiger partial charge in [-0.3, -0.25) is 0 Å². The summed E-state index contributed by atoms with van der Waals surface area (Å²) in [5.74, 6) is 0.681. The van der Waals surface area contributed by atoms with Gasteiger partial charge in [-0.2, -0.15) is 15.0 Å². The van der Waals surface area contributed by atoms with E-state index < -0.39 is 5.82 Å². The second kappa shape index (κ2) is 6.00. The zero-order valence-corrected chi connectivity index (χ0v) is 12.2.